The van der Waals surface area contributed by atoms with E-state index < -0.39 is 5.25 Å². The molecule has 1 radical (unpaired) electrons. The molecule has 0 spiro atoms. The van der Waals surface area contributed by atoms with Gasteiger partial charge in [0.15, 0.2) is 5.78 Å². The molecule has 36 heavy (non-hydrogen) atoms. The van der Waals surface area contributed by atoms with Crippen LogP contribution in [0.4, 0.5) is 0 Å². The summed E-state index contributed by atoms with van der Waals surface area (Å²) in [6, 6.07) is 30.2. The standard InChI is InChI=1S/C28H25O4PS2.Tl/c1-19-16-24(31-18-20-8-4-2-5-9-20)17-25(26(19)29)34-28(22-10-6-3-7-11-22)27(30)21-12-14-23(15-13-21)32-35-33;/h2-17,28-29H,18,33H2,1H3;. The Bertz CT molecular complexity index is 1270. The van der Waals surface area contributed by atoms with E-state index in [0.717, 1.165) is 11.1 Å². The third-order valence-electron chi connectivity index (χ3n) is 5.36. The first-order valence-corrected chi connectivity index (χ1v) is 14.0. The number of carbonyl (C=O) groups excluding carboxylic acids is 1. The summed E-state index contributed by atoms with van der Waals surface area (Å²) in [4.78, 5) is 14.2. The third-order valence-corrected chi connectivity index (χ3v) is 7.22. The zero-order valence-corrected chi connectivity index (χ0v) is 26.9. The van der Waals surface area contributed by atoms with Crippen molar-refractivity contribution < 1.29 is 18.8 Å². The zero-order valence-electron chi connectivity index (χ0n) is 19.7. The fourth-order valence-corrected chi connectivity index (χ4v) is 5.34. The first kappa shape index (κ1) is 28.6. The SMILES string of the molecule is Cc1cc(OCc2ccccc2)cc(SC(C(=O)c2ccc(OSP)cc2)c2ccccc2)c1O.[Tl]. The number of phenols is 1. The second kappa shape index (κ2) is 14.1. The molecule has 4 nitrogen and oxygen atoms in total. The van der Waals surface area contributed by atoms with Gasteiger partial charge in [-0.25, -0.2) is 0 Å². The molecule has 0 bridgehead atoms. The molecule has 4 aromatic carbocycles. The largest absolute Gasteiger partial charge is 0.506 e. The maximum atomic E-state index is 13.6. The van der Waals surface area contributed by atoms with E-state index in [9.17, 15) is 9.90 Å². The molecule has 0 saturated heterocycles. The van der Waals surface area contributed by atoms with Crippen LogP contribution in [-0.2, 0) is 6.61 Å². The number of phenolic OH excluding ortho intramolecular Hbond substituents is 1. The number of thioether (sulfide) groups is 1. The van der Waals surface area contributed by atoms with Crippen LogP contribution in [0.5, 0.6) is 17.2 Å². The van der Waals surface area contributed by atoms with Gasteiger partial charge in [0.25, 0.3) is 0 Å². The molecule has 1 N–H and O–H groups in total. The maximum Gasteiger partial charge on any atom is 0.180 e. The van der Waals surface area contributed by atoms with Crippen LogP contribution in [0.3, 0.4) is 0 Å². The van der Waals surface area contributed by atoms with E-state index in [2.05, 4.69) is 8.44 Å². The van der Waals surface area contributed by atoms with Crippen LogP contribution in [0.2, 0.25) is 0 Å². The van der Waals surface area contributed by atoms with Crippen molar-refractivity contribution in [3.63, 3.8) is 0 Å². The number of aromatic hydroxyl groups is 1. The summed E-state index contributed by atoms with van der Waals surface area (Å²) in [6.45, 7) is 2.25. The van der Waals surface area contributed by atoms with E-state index >= 15 is 0 Å². The van der Waals surface area contributed by atoms with Crippen molar-refractivity contribution in [1.82, 2.24) is 0 Å². The van der Waals surface area contributed by atoms with Crippen LogP contribution >= 0.6 is 31.9 Å². The van der Waals surface area contributed by atoms with Crippen molar-refractivity contribution in [3.05, 3.63) is 119 Å². The van der Waals surface area contributed by atoms with Gasteiger partial charge in [-0.2, -0.15) is 0 Å². The predicted octanol–water partition coefficient (Wildman–Crippen LogP) is 7.43. The van der Waals surface area contributed by atoms with E-state index in [1.54, 1.807) is 30.3 Å². The molecule has 2 unspecified atom stereocenters. The number of carbonyl (C=O) groups is 1. The summed E-state index contributed by atoms with van der Waals surface area (Å²) in [5, 5.41) is 10.3. The van der Waals surface area contributed by atoms with Crippen LogP contribution in [0.1, 0.15) is 32.3 Å². The molecule has 2 atom stereocenters. The molecule has 0 amide bonds. The summed E-state index contributed by atoms with van der Waals surface area (Å²) in [7, 11) is 2.43. The van der Waals surface area contributed by atoms with Gasteiger partial charge in [0.1, 0.15) is 23.9 Å². The van der Waals surface area contributed by atoms with Gasteiger partial charge in [-0.3, -0.25) is 4.79 Å². The van der Waals surface area contributed by atoms with Crippen molar-refractivity contribution in [2.45, 2.75) is 23.7 Å². The monoisotopic (exact) mass is 725 g/mol. The molecule has 0 fully saturated rings. The van der Waals surface area contributed by atoms with Gasteiger partial charge in [0.05, 0.1) is 21.8 Å². The average Bonchev–Trinajstić information content (AvgIpc) is 2.90. The van der Waals surface area contributed by atoms with Gasteiger partial charge in [0, 0.05) is 32.9 Å². The van der Waals surface area contributed by atoms with Crippen molar-refractivity contribution in [2.24, 2.45) is 0 Å². The number of ketones is 1. The minimum Gasteiger partial charge on any atom is -0.506 e. The first-order valence-electron chi connectivity index (χ1n) is 10.9. The van der Waals surface area contributed by atoms with Crippen LogP contribution in [0.15, 0.2) is 102 Å². The Hall–Kier alpha value is -2.00. The van der Waals surface area contributed by atoms with Gasteiger partial charge in [0.2, 0.25) is 0 Å². The van der Waals surface area contributed by atoms with Gasteiger partial charge in [-0.1, -0.05) is 60.7 Å². The minimum atomic E-state index is -0.547. The summed E-state index contributed by atoms with van der Waals surface area (Å²) >= 11 is 2.49. The number of aryl methyl sites for hydroxylation is 1. The second-order valence-electron chi connectivity index (χ2n) is 7.84. The predicted molar refractivity (Wildman–Crippen MR) is 153 cm³/mol. The minimum absolute atomic E-state index is 0. The van der Waals surface area contributed by atoms with E-state index in [1.165, 1.54) is 23.4 Å². The van der Waals surface area contributed by atoms with Gasteiger partial charge in [-0.05, 0) is 68.5 Å². The smallest absolute Gasteiger partial charge is 0.180 e. The topological polar surface area (TPSA) is 55.8 Å². The fraction of sp³-hybridized carbons (Fsp3) is 0.107. The Morgan fingerprint density at radius 1 is 0.917 bits per heavy atom. The van der Waals surface area contributed by atoms with Gasteiger partial charge < -0.3 is 14.0 Å². The van der Waals surface area contributed by atoms with E-state index in [0.29, 0.717) is 34.1 Å². The number of hydrogen-bond donors (Lipinski definition) is 1. The molecule has 0 aliphatic rings. The van der Waals surface area contributed by atoms with Gasteiger partial charge >= 0.3 is 0 Å². The van der Waals surface area contributed by atoms with E-state index in [-0.39, 0.29) is 38.8 Å². The quantitative estimate of drug-likeness (QED) is 0.0604. The maximum absolute atomic E-state index is 13.6. The molecular weight excluding hydrogens is 700 g/mol. The van der Waals surface area contributed by atoms with Crippen LogP contribution in [0, 0.1) is 6.92 Å². The molecule has 4 rings (SSSR count). The number of benzene rings is 4. The Labute approximate surface area is 242 Å². The normalized spacial score (nSPS) is 11.3. The van der Waals surface area contributed by atoms with Crippen LogP contribution in [-0.4, -0.2) is 38.2 Å². The number of hydrogen-bond acceptors (Lipinski definition) is 6. The third kappa shape index (κ3) is 7.51. The summed E-state index contributed by atoms with van der Waals surface area (Å²) in [5.41, 5.74) is 3.17. The van der Waals surface area contributed by atoms with Crippen LogP contribution < -0.4 is 8.92 Å². The molecular formula is C28H25O4PS2Tl. The Morgan fingerprint density at radius 2 is 1.56 bits per heavy atom. The summed E-state index contributed by atoms with van der Waals surface area (Å²) < 4.78 is 11.4. The number of ether oxygens (including phenoxy) is 1. The van der Waals surface area contributed by atoms with Crippen molar-refractivity contribution in [3.8, 4) is 17.2 Å². The molecule has 0 aliphatic heterocycles. The molecule has 0 saturated carbocycles. The summed E-state index contributed by atoms with van der Waals surface area (Å²) in [5.74, 6) is 1.40. The number of Topliss-reactive ketones (excluding diaryl/α,β-unsaturated/α-hetero) is 1. The second-order valence-corrected chi connectivity index (χ2v) is 9.92. The molecule has 0 heterocycles. The Balaban J connectivity index is 0.00000361. The molecule has 8 heteroatoms. The Kier molecular flexibility index (Phi) is 11.2. The average molecular weight is 725 g/mol. The summed E-state index contributed by atoms with van der Waals surface area (Å²) in [6.07, 6.45) is 0. The van der Waals surface area contributed by atoms with Crippen molar-refractivity contribution >= 4 is 64.9 Å². The number of rotatable bonds is 10. The molecule has 4 aromatic rings. The van der Waals surface area contributed by atoms with Gasteiger partial charge in [-0.15, -0.1) is 11.8 Å². The van der Waals surface area contributed by atoms with Crippen LogP contribution in [0.25, 0.3) is 0 Å². The fourth-order valence-electron chi connectivity index (χ4n) is 3.54. The molecule has 181 valence electrons. The first-order chi connectivity index (χ1) is 17.0. The molecule has 0 aromatic heterocycles. The zero-order chi connectivity index (χ0) is 24.6. The van der Waals surface area contributed by atoms with E-state index in [4.69, 9.17) is 8.92 Å². The van der Waals surface area contributed by atoms with E-state index in [1.807, 2.05) is 73.7 Å². The van der Waals surface area contributed by atoms with Crippen molar-refractivity contribution in [1.29, 1.82) is 0 Å². The van der Waals surface area contributed by atoms with Crippen molar-refractivity contribution in [2.75, 3.05) is 0 Å². The molecule has 0 aliphatic carbocycles. The Morgan fingerprint density at radius 3 is 2.19 bits per heavy atom.